The van der Waals surface area contributed by atoms with Gasteiger partial charge in [0.15, 0.2) is 0 Å². The summed E-state index contributed by atoms with van der Waals surface area (Å²) in [7, 11) is -1.73. The zero-order valence-corrected chi connectivity index (χ0v) is 6.45. The number of nitrogens with two attached hydrogens (primary N) is 1. The summed E-state index contributed by atoms with van der Waals surface area (Å²) < 4.78 is 10.2. The van der Waals surface area contributed by atoms with Gasteiger partial charge in [0, 0.05) is 6.42 Å². The maximum Gasteiger partial charge on any atom is 0.522 e. The Morgan fingerprint density at radius 3 is 2.78 bits per heavy atom. The van der Waals surface area contributed by atoms with Gasteiger partial charge in [-0.05, 0) is 16.9 Å². The molecule has 0 spiro atoms. The normalized spacial score (nSPS) is 9.78. The summed E-state index contributed by atoms with van der Waals surface area (Å²) in [6.45, 7) is 2.09. The number of unbranched alkanes of at least 4 members (excludes halogenated alkanes) is 2. The van der Waals surface area contributed by atoms with E-state index in [2.05, 4.69) is 18.5 Å². The van der Waals surface area contributed by atoms with Gasteiger partial charge in [-0.1, -0.05) is 13.3 Å². The molecule has 0 aliphatic rings. The van der Waals surface area contributed by atoms with Gasteiger partial charge in [0.25, 0.3) is 0 Å². The Labute approximate surface area is 56.7 Å². The van der Waals surface area contributed by atoms with Gasteiger partial charge in [-0.25, -0.2) is 0 Å². The molecule has 9 heavy (non-hydrogen) atoms. The van der Waals surface area contributed by atoms with Crippen LogP contribution < -0.4 is 5.50 Å². The van der Waals surface area contributed by atoms with Gasteiger partial charge >= 0.3 is 7.95 Å². The molecule has 0 aromatic rings. The lowest BCUT2D eigenvalue weighted by Crippen LogP contribution is -1.71. The van der Waals surface area contributed by atoms with Crippen LogP contribution in [0.1, 0.15) is 26.2 Å². The van der Waals surface area contributed by atoms with E-state index in [1.807, 2.05) is 0 Å². The summed E-state index contributed by atoms with van der Waals surface area (Å²) in [5.74, 6) is 2.73. The molecule has 0 aromatic heterocycles. The molecule has 0 saturated carbocycles. The van der Waals surface area contributed by atoms with Crippen molar-refractivity contribution in [1.82, 2.24) is 0 Å². The smallest absolute Gasteiger partial charge is 0.109 e. The highest BCUT2D eigenvalue weighted by Gasteiger charge is 1.95. The van der Waals surface area contributed by atoms with Crippen molar-refractivity contribution in [3.05, 3.63) is 0 Å². The van der Waals surface area contributed by atoms with Crippen molar-refractivity contribution in [1.29, 1.82) is 0 Å². The Kier molecular flexibility index (Phi) is 5.51. The summed E-state index contributed by atoms with van der Waals surface area (Å²) in [4.78, 5) is 0. The maximum absolute atomic E-state index is 10.2. The first-order valence-corrected chi connectivity index (χ1v) is 4.30. The number of hydrogen-bond donors (Lipinski definition) is 1. The largest absolute Gasteiger partial charge is 0.522 e. The highest BCUT2D eigenvalue weighted by atomic mass is 31.1. The van der Waals surface area contributed by atoms with Gasteiger partial charge in [-0.2, -0.15) is 0 Å². The Bertz CT molecular complexity index is 145. The van der Waals surface area contributed by atoms with E-state index in [0.717, 1.165) is 19.3 Å². The lowest BCUT2D eigenvalue weighted by atomic mass is 10.3. The van der Waals surface area contributed by atoms with Crippen LogP contribution in [0, 0.1) is 11.6 Å². The molecule has 0 aromatic carbocycles. The fraction of sp³-hybridized carbons (Fsp3) is 0.667. The zero-order valence-electron chi connectivity index (χ0n) is 5.55. The third-order valence-corrected chi connectivity index (χ3v) is 1.22. The minimum atomic E-state index is -1.73. The van der Waals surface area contributed by atoms with Gasteiger partial charge in [-0.3, -0.25) is 0 Å². The van der Waals surface area contributed by atoms with E-state index < -0.39 is 7.95 Å². The summed E-state index contributed by atoms with van der Waals surface area (Å²) in [5.41, 5.74) is 7.33. The third-order valence-electron chi connectivity index (χ3n) is 0.845. The second-order valence-corrected chi connectivity index (χ2v) is 2.59. The second-order valence-electron chi connectivity index (χ2n) is 1.72. The Hall–Kier alpha value is -0.380. The molecule has 0 rings (SSSR count). The standard InChI is InChI=1S/C6H11NOP/c1-2-3-4-5-6-9(7)8/h2-4H2,1H3,(H2,7,8)/q+1. The lowest BCUT2D eigenvalue weighted by Gasteiger charge is -1.79. The molecule has 0 aliphatic carbocycles. The molecule has 2 nitrogen and oxygen atoms in total. The molecule has 0 fully saturated rings. The van der Waals surface area contributed by atoms with Crippen LogP contribution in [0.5, 0.6) is 0 Å². The summed E-state index contributed by atoms with van der Waals surface area (Å²) in [5, 5.41) is 0. The van der Waals surface area contributed by atoms with Crippen LogP contribution >= 0.6 is 7.95 Å². The third kappa shape index (κ3) is 7.62. The fourth-order valence-corrected chi connectivity index (χ4v) is 0.667. The van der Waals surface area contributed by atoms with Gasteiger partial charge < -0.3 is 0 Å². The predicted molar refractivity (Wildman–Crippen MR) is 39.1 cm³/mol. The van der Waals surface area contributed by atoms with Gasteiger partial charge in [0.1, 0.15) is 0 Å². The van der Waals surface area contributed by atoms with Gasteiger partial charge in [0.05, 0.1) is 0 Å². The van der Waals surface area contributed by atoms with Crippen molar-refractivity contribution in [3.63, 3.8) is 0 Å². The topological polar surface area (TPSA) is 43.1 Å². The lowest BCUT2D eigenvalue weighted by molar-refractivity contribution is 0.594. The highest BCUT2D eigenvalue weighted by Crippen LogP contribution is 2.02. The molecule has 0 aliphatic heterocycles. The molecule has 0 saturated heterocycles. The molecule has 3 heteroatoms. The molecule has 2 N–H and O–H groups in total. The van der Waals surface area contributed by atoms with Crippen molar-refractivity contribution >= 4 is 7.95 Å². The van der Waals surface area contributed by atoms with Crippen LogP contribution in [-0.4, -0.2) is 0 Å². The molecule has 1 atom stereocenters. The van der Waals surface area contributed by atoms with Crippen LogP contribution in [0.25, 0.3) is 0 Å². The molecule has 0 bridgehead atoms. The predicted octanol–water partition coefficient (Wildman–Crippen LogP) is 1.84. The summed E-state index contributed by atoms with van der Waals surface area (Å²) >= 11 is 0. The van der Waals surface area contributed by atoms with Crippen molar-refractivity contribution in [2.45, 2.75) is 26.2 Å². The summed E-state index contributed by atoms with van der Waals surface area (Å²) in [6, 6.07) is 0. The molecular weight excluding hydrogens is 133 g/mol. The fourth-order valence-electron chi connectivity index (χ4n) is 0.399. The van der Waals surface area contributed by atoms with E-state index >= 15 is 0 Å². The van der Waals surface area contributed by atoms with Crippen molar-refractivity contribution in [2.75, 3.05) is 0 Å². The Balaban J connectivity index is 3.27. The van der Waals surface area contributed by atoms with E-state index in [9.17, 15) is 4.57 Å². The Morgan fingerprint density at radius 1 is 1.67 bits per heavy atom. The average molecular weight is 144 g/mol. The van der Waals surface area contributed by atoms with E-state index in [1.165, 1.54) is 0 Å². The zero-order chi connectivity index (χ0) is 7.11. The van der Waals surface area contributed by atoms with E-state index in [0.29, 0.717) is 0 Å². The van der Waals surface area contributed by atoms with Crippen LogP contribution in [0.2, 0.25) is 0 Å². The molecule has 1 unspecified atom stereocenters. The van der Waals surface area contributed by atoms with Crippen molar-refractivity contribution < 1.29 is 4.57 Å². The van der Waals surface area contributed by atoms with Gasteiger partial charge in [0.2, 0.25) is 5.66 Å². The monoisotopic (exact) mass is 144 g/mol. The van der Waals surface area contributed by atoms with Crippen molar-refractivity contribution in [3.8, 4) is 11.6 Å². The molecule has 50 valence electrons. The van der Waals surface area contributed by atoms with E-state index in [1.54, 1.807) is 0 Å². The van der Waals surface area contributed by atoms with Crippen LogP contribution in [0.3, 0.4) is 0 Å². The Morgan fingerprint density at radius 2 is 2.33 bits per heavy atom. The average Bonchev–Trinajstić information content (AvgIpc) is 1.80. The minimum absolute atomic E-state index is 0.814. The van der Waals surface area contributed by atoms with Crippen LogP contribution in [0.4, 0.5) is 0 Å². The van der Waals surface area contributed by atoms with E-state index in [-0.39, 0.29) is 0 Å². The first-order valence-electron chi connectivity index (χ1n) is 2.98. The molecule has 0 amide bonds. The van der Waals surface area contributed by atoms with Crippen LogP contribution in [0.15, 0.2) is 0 Å². The molecular formula is C6H11NOP+. The minimum Gasteiger partial charge on any atom is -0.109 e. The maximum atomic E-state index is 10.2. The van der Waals surface area contributed by atoms with E-state index in [4.69, 9.17) is 5.50 Å². The molecule has 0 heterocycles. The highest BCUT2D eigenvalue weighted by molar-refractivity contribution is 7.47. The first-order chi connectivity index (χ1) is 4.27. The van der Waals surface area contributed by atoms with Crippen molar-refractivity contribution in [2.24, 2.45) is 5.50 Å². The quantitative estimate of drug-likeness (QED) is 0.365. The summed E-state index contributed by atoms with van der Waals surface area (Å²) in [6.07, 6.45) is 3.00. The second kappa shape index (κ2) is 5.75. The van der Waals surface area contributed by atoms with Crippen LogP contribution in [-0.2, 0) is 4.57 Å². The number of hydrogen-bond acceptors (Lipinski definition) is 1. The first kappa shape index (κ1) is 8.62. The number of rotatable bonds is 2. The molecule has 0 radical (unpaired) electrons. The SMILES string of the molecule is CCCCC#C[P+](N)=O. The van der Waals surface area contributed by atoms with Gasteiger partial charge in [-0.15, -0.1) is 5.50 Å².